The second-order valence-corrected chi connectivity index (χ2v) is 14.7. The Morgan fingerprint density at radius 3 is 1.31 bits per heavy atom. The molecule has 0 aliphatic heterocycles. The lowest BCUT2D eigenvalue weighted by Crippen LogP contribution is -2.37. The monoisotopic (exact) mass is 835 g/mol. The summed E-state index contributed by atoms with van der Waals surface area (Å²) in [6.45, 7) is 21.6. The molecule has 0 aromatic rings. The van der Waals surface area contributed by atoms with Crippen LogP contribution in [0.5, 0.6) is 0 Å². The third kappa shape index (κ3) is 57.7. The van der Waals surface area contributed by atoms with Crippen LogP contribution in [-0.4, -0.2) is 62.1 Å². The molecule has 0 bridgehead atoms. The lowest BCUT2D eigenvalue weighted by molar-refractivity contribution is -0.145. The van der Waals surface area contributed by atoms with Gasteiger partial charge in [-0.2, -0.15) is 0 Å². The van der Waals surface area contributed by atoms with E-state index in [-0.39, 0.29) is 17.8 Å². The topological polar surface area (TPSA) is 84.9 Å². The van der Waals surface area contributed by atoms with Gasteiger partial charge in [0.05, 0.1) is 6.61 Å². The van der Waals surface area contributed by atoms with Crippen molar-refractivity contribution in [2.75, 3.05) is 39.4 Å². The number of nitrogens with zero attached hydrogens (tertiary/aromatic N) is 1. The van der Waals surface area contributed by atoms with E-state index in [0.29, 0.717) is 65.1 Å². The maximum Gasteiger partial charge on any atom is 0.305 e. The Kier molecular flexibility index (Phi) is 64.2. The third-order valence-electron chi connectivity index (χ3n) is 9.60. The summed E-state index contributed by atoms with van der Waals surface area (Å²) in [7, 11) is 0. The van der Waals surface area contributed by atoms with Crippen LogP contribution in [0.2, 0.25) is 0 Å². The van der Waals surface area contributed by atoms with E-state index in [0.717, 1.165) is 44.9 Å². The standard InChI is InChI=1S/C46H84N2O5.3C2H6/c1-4-7-9-11-13-15-17-19-21-23-25-27-29-31-33-36-45(50)52-42-35-39-48(40-38-47-44(49)6-3)41-43-53-46(51)37-34-32-30-28-26-24-22-20-18-16-14-12-10-8-5-2;3*1-2/h14,16,19-22H,4-13,15,17-18,23-43H2,1-3H3,(H,47,49);3*1-2H3/b16-14-,21-19-,22-20-;;;. The maximum absolute atomic E-state index is 12.3. The molecular formula is C52H102N2O5. The van der Waals surface area contributed by atoms with E-state index in [1.807, 2.05) is 48.5 Å². The number of hydrogen-bond donors (Lipinski definition) is 1. The van der Waals surface area contributed by atoms with Crippen LogP contribution in [0.4, 0.5) is 0 Å². The van der Waals surface area contributed by atoms with Crippen LogP contribution in [0, 0.1) is 0 Å². The number of rotatable bonds is 40. The van der Waals surface area contributed by atoms with Crippen LogP contribution >= 0.6 is 0 Å². The van der Waals surface area contributed by atoms with E-state index >= 15 is 0 Å². The number of allylic oxidation sites excluding steroid dienone is 6. The van der Waals surface area contributed by atoms with Crippen LogP contribution in [0.1, 0.15) is 242 Å². The summed E-state index contributed by atoms with van der Waals surface area (Å²) in [5, 5.41) is 2.92. The second kappa shape index (κ2) is 59.9. The summed E-state index contributed by atoms with van der Waals surface area (Å²) < 4.78 is 11.0. The largest absolute Gasteiger partial charge is 0.466 e. The van der Waals surface area contributed by atoms with E-state index < -0.39 is 0 Å². The molecule has 0 radical (unpaired) electrons. The number of amides is 1. The molecule has 0 saturated heterocycles. The van der Waals surface area contributed by atoms with Gasteiger partial charge in [0.2, 0.25) is 5.91 Å². The van der Waals surface area contributed by atoms with E-state index in [4.69, 9.17) is 9.47 Å². The van der Waals surface area contributed by atoms with Gasteiger partial charge in [0.15, 0.2) is 0 Å². The minimum Gasteiger partial charge on any atom is -0.466 e. The smallest absolute Gasteiger partial charge is 0.305 e. The lowest BCUT2D eigenvalue weighted by Gasteiger charge is -2.22. The van der Waals surface area contributed by atoms with Gasteiger partial charge in [-0.1, -0.05) is 182 Å². The van der Waals surface area contributed by atoms with E-state index in [1.165, 1.54) is 109 Å². The molecule has 0 aliphatic carbocycles. The molecule has 0 aromatic heterocycles. The minimum absolute atomic E-state index is 0.0262. The SMILES string of the molecule is CC.CC.CC.CCCCC/C=C\C/C=C\CCCCCCCC(=O)OCCN(CCCOC(=O)CCCCCCC/C=C\CCCCCCCC)CCNC(=O)CC. The lowest BCUT2D eigenvalue weighted by atomic mass is 10.1. The van der Waals surface area contributed by atoms with Crippen molar-refractivity contribution in [2.24, 2.45) is 0 Å². The molecular weight excluding hydrogens is 733 g/mol. The van der Waals surface area contributed by atoms with Gasteiger partial charge in [-0.3, -0.25) is 19.3 Å². The molecule has 0 aliphatic rings. The molecule has 7 heteroatoms. The van der Waals surface area contributed by atoms with Gasteiger partial charge >= 0.3 is 11.9 Å². The zero-order valence-corrected chi connectivity index (χ0v) is 41.0. The highest BCUT2D eigenvalue weighted by Gasteiger charge is 2.10. The number of ether oxygens (including phenoxy) is 2. The first-order valence-electron chi connectivity index (χ1n) is 25.3. The average Bonchev–Trinajstić information content (AvgIpc) is 3.26. The molecule has 0 aromatic carbocycles. The van der Waals surface area contributed by atoms with Crippen LogP contribution in [0.3, 0.4) is 0 Å². The summed E-state index contributed by atoms with van der Waals surface area (Å²) in [5.74, 6) is -0.232. The first-order valence-corrected chi connectivity index (χ1v) is 25.3. The van der Waals surface area contributed by atoms with Crippen molar-refractivity contribution in [3.05, 3.63) is 36.5 Å². The van der Waals surface area contributed by atoms with E-state index in [1.54, 1.807) is 0 Å². The molecule has 0 fully saturated rings. The van der Waals surface area contributed by atoms with Gasteiger partial charge in [0, 0.05) is 45.4 Å². The van der Waals surface area contributed by atoms with Crippen LogP contribution < -0.4 is 5.32 Å². The number of carbonyl (C=O) groups is 3. The molecule has 0 spiro atoms. The van der Waals surface area contributed by atoms with Gasteiger partial charge < -0.3 is 14.8 Å². The van der Waals surface area contributed by atoms with Crippen molar-refractivity contribution >= 4 is 17.8 Å². The van der Waals surface area contributed by atoms with Crippen molar-refractivity contribution in [1.82, 2.24) is 10.2 Å². The first kappa shape index (κ1) is 63.2. The highest BCUT2D eigenvalue weighted by atomic mass is 16.5. The molecule has 0 atom stereocenters. The highest BCUT2D eigenvalue weighted by molar-refractivity contribution is 5.75. The van der Waals surface area contributed by atoms with E-state index in [9.17, 15) is 14.4 Å². The van der Waals surface area contributed by atoms with Crippen LogP contribution in [-0.2, 0) is 23.9 Å². The Balaban J connectivity index is -0.00000240. The van der Waals surface area contributed by atoms with Crippen molar-refractivity contribution in [3.8, 4) is 0 Å². The minimum atomic E-state index is -0.139. The quantitative estimate of drug-likeness (QED) is 0.0376. The van der Waals surface area contributed by atoms with Crippen LogP contribution in [0.15, 0.2) is 36.5 Å². The predicted molar refractivity (Wildman–Crippen MR) is 259 cm³/mol. The van der Waals surface area contributed by atoms with Crippen LogP contribution in [0.25, 0.3) is 0 Å². The molecule has 0 unspecified atom stereocenters. The van der Waals surface area contributed by atoms with Gasteiger partial charge in [0.25, 0.3) is 0 Å². The van der Waals surface area contributed by atoms with Gasteiger partial charge in [0.1, 0.15) is 6.61 Å². The molecule has 1 N–H and O–H groups in total. The molecule has 0 saturated carbocycles. The third-order valence-corrected chi connectivity index (χ3v) is 9.60. The number of esters is 2. The summed E-state index contributed by atoms with van der Waals surface area (Å²) in [5.41, 5.74) is 0. The van der Waals surface area contributed by atoms with Gasteiger partial charge in [-0.25, -0.2) is 0 Å². The summed E-state index contributed by atoms with van der Waals surface area (Å²) in [4.78, 5) is 38.4. The van der Waals surface area contributed by atoms with Crippen molar-refractivity contribution in [2.45, 2.75) is 242 Å². The predicted octanol–water partition coefficient (Wildman–Crippen LogP) is 15.2. The average molecular weight is 835 g/mol. The zero-order chi connectivity index (χ0) is 44.7. The zero-order valence-electron chi connectivity index (χ0n) is 41.0. The summed E-state index contributed by atoms with van der Waals surface area (Å²) in [6.07, 6.45) is 44.8. The Bertz CT molecular complexity index is 917. The summed E-state index contributed by atoms with van der Waals surface area (Å²) >= 11 is 0. The number of nitrogens with one attached hydrogen (secondary N) is 1. The molecule has 0 heterocycles. The van der Waals surface area contributed by atoms with Gasteiger partial charge in [-0.05, 0) is 77.0 Å². The fraction of sp³-hybridized carbons (Fsp3) is 0.827. The van der Waals surface area contributed by atoms with Crippen molar-refractivity contribution in [1.29, 1.82) is 0 Å². The normalized spacial score (nSPS) is 10.9. The van der Waals surface area contributed by atoms with Crippen molar-refractivity contribution in [3.63, 3.8) is 0 Å². The highest BCUT2D eigenvalue weighted by Crippen LogP contribution is 2.11. The summed E-state index contributed by atoms with van der Waals surface area (Å²) in [6, 6.07) is 0. The fourth-order valence-electron chi connectivity index (χ4n) is 6.14. The number of hydrogen-bond acceptors (Lipinski definition) is 6. The molecule has 0 rings (SSSR count). The maximum atomic E-state index is 12.3. The number of carbonyl (C=O) groups excluding carboxylic acids is 3. The molecule has 59 heavy (non-hydrogen) atoms. The fourth-order valence-corrected chi connectivity index (χ4v) is 6.14. The Labute approximate surface area is 368 Å². The molecule has 7 nitrogen and oxygen atoms in total. The Morgan fingerprint density at radius 2 is 0.831 bits per heavy atom. The molecule has 350 valence electrons. The number of unbranched alkanes of at least 4 members (excludes halogenated alkanes) is 19. The van der Waals surface area contributed by atoms with E-state index in [2.05, 4.69) is 60.5 Å². The first-order chi connectivity index (χ1) is 29.0. The van der Waals surface area contributed by atoms with Crippen molar-refractivity contribution < 1.29 is 23.9 Å². The second-order valence-electron chi connectivity index (χ2n) is 14.7. The molecule has 1 amide bonds. The van der Waals surface area contributed by atoms with Gasteiger partial charge in [-0.15, -0.1) is 0 Å². The Morgan fingerprint density at radius 1 is 0.441 bits per heavy atom. The Hall–Kier alpha value is -2.41.